The summed E-state index contributed by atoms with van der Waals surface area (Å²) in [6.45, 7) is 0. The van der Waals surface area contributed by atoms with Gasteiger partial charge in [-0.2, -0.15) is 0 Å². The summed E-state index contributed by atoms with van der Waals surface area (Å²) >= 11 is 4.48. The summed E-state index contributed by atoms with van der Waals surface area (Å²) in [5.74, 6) is 0. The van der Waals surface area contributed by atoms with Gasteiger partial charge in [-0.05, 0) is 57.3 Å². The van der Waals surface area contributed by atoms with Crippen molar-refractivity contribution in [3.8, 4) is 0 Å². The van der Waals surface area contributed by atoms with Crippen LogP contribution in [0.3, 0.4) is 0 Å². The predicted octanol–water partition coefficient (Wildman–Crippen LogP) is 2.22. The van der Waals surface area contributed by atoms with Crippen molar-refractivity contribution in [3.05, 3.63) is 19.5 Å². The van der Waals surface area contributed by atoms with E-state index in [-0.39, 0.29) is 0 Å². The summed E-state index contributed by atoms with van der Waals surface area (Å²) in [4.78, 5) is 3.11. The van der Waals surface area contributed by atoms with E-state index in [1.54, 1.807) is 0 Å². The van der Waals surface area contributed by atoms with Crippen molar-refractivity contribution in [3.63, 3.8) is 0 Å². The second-order valence-electron chi connectivity index (χ2n) is 1.15. The minimum atomic E-state index is 1.20. The van der Waals surface area contributed by atoms with Crippen molar-refractivity contribution >= 4 is 45.2 Å². The van der Waals surface area contributed by atoms with Gasteiger partial charge in [0.25, 0.3) is 0 Å². The molecule has 0 spiro atoms. The molecule has 0 aliphatic carbocycles. The number of nitrogens with one attached hydrogen (secondary N) is 1. The van der Waals surface area contributed by atoms with E-state index in [1.165, 1.54) is 7.40 Å². The third-order valence-electron chi connectivity index (χ3n) is 0.615. The molecule has 0 saturated heterocycles. The van der Waals surface area contributed by atoms with Gasteiger partial charge in [-0.25, -0.2) is 0 Å². The highest BCUT2D eigenvalue weighted by atomic mass is 127. The first-order valence-electron chi connectivity index (χ1n) is 1.79. The van der Waals surface area contributed by atoms with Crippen LogP contribution in [0.5, 0.6) is 0 Å². The molecule has 1 nitrogen and oxygen atoms in total. The van der Waals surface area contributed by atoms with Gasteiger partial charge < -0.3 is 4.98 Å². The van der Waals surface area contributed by atoms with Crippen LogP contribution in [-0.4, -0.2) is 4.98 Å². The summed E-state index contributed by atoms with van der Waals surface area (Å²) in [5, 5.41) is 0. The zero-order valence-corrected chi connectivity index (χ0v) is 7.73. The lowest BCUT2D eigenvalue weighted by Crippen LogP contribution is -1.65. The maximum Gasteiger partial charge on any atom is 0.0780 e. The van der Waals surface area contributed by atoms with Crippen LogP contribution < -0.4 is 0 Å². The van der Waals surface area contributed by atoms with Gasteiger partial charge in [0.05, 0.1) is 7.40 Å². The molecule has 0 saturated carbocycles. The molecule has 0 unspecified atom stereocenters. The summed E-state index contributed by atoms with van der Waals surface area (Å²) < 4.78 is 2.39. The normalized spacial score (nSPS) is 9.43. The average Bonchev–Trinajstić information content (AvgIpc) is 1.87. The van der Waals surface area contributed by atoms with Gasteiger partial charge >= 0.3 is 0 Å². The second kappa shape index (κ2) is 2.34. The van der Waals surface area contributed by atoms with E-state index in [0.717, 1.165) is 0 Å². The number of aromatic amines is 1. The van der Waals surface area contributed by atoms with Gasteiger partial charge in [-0.3, -0.25) is 0 Å². The Morgan fingerprint density at radius 1 is 1.14 bits per heavy atom. The highest BCUT2D eigenvalue weighted by Gasteiger charge is 1.85. The quantitative estimate of drug-likeness (QED) is 0.706. The molecule has 0 aliphatic rings. The topological polar surface area (TPSA) is 15.8 Å². The monoisotopic (exact) mass is 319 g/mol. The SMILES string of the molecule is Ic1ccc(I)[nH]1. The fourth-order valence-electron chi connectivity index (χ4n) is 0.344. The zero-order chi connectivity index (χ0) is 5.28. The Kier molecular flexibility index (Phi) is 1.96. The molecule has 1 rings (SSSR count). The van der Waals surface area contributed by atoms with E-state index < -0.39 is 0 Å². The van der Waals surface area contributed by atoms with Gasteiger partial charge in [-0.1, -0.05) is 0 Å². The minimum Gasteiger partial charge on any atom is -0.346 e. The summed E-state index contributed by atoms with van der Waals surface area (Å²) in [6, 6.07) is 4.09. The molecule has 0 atom stereocenters. The summed E-state index contributed by atoms with van der Waals surface area (Å²) in [7, 11) is 0. The number of hydrogen-bond donors (Lipinski definition) is 1. The first-order chi connectivity index (χ1) is 3.29. The third kappa shape index (κ3) is 1.60. The Labute approximate surface area is 69.2 Å². The van der Waals surface area contributed by atoms with Crippen LogP contribution in [0.25, 0.3) is 0 Å². The first-order valence-corrected chi connectivity index (χ1v) is 3.95. The molecule has 1 aromatic rings. The summed E-state index contributed by atoms with van der Waals surface area (Å²) in [6.07, 6.45) is 0. The Balaban J connectivity index is 3.04. The molecule has 0 radical (unpaired) electrons. The largest absolute Gasteiger partial charge is 0.346 e. The van der Waals surface area contributed by atoms with E-state index in [4.69, 9.17) is 0 Å². The van der Waals surface area contributed by atoms with E-state index >= 15 is 0 Å². The molecule has 1 aromatic heterocycles. The molecule has 0 fully saturated rings. The van der Waals surface area contributed by atoms with Crippen molar-refractivity contribution in [2.24, 2.45) is 0 Å². The molecule has 3 heteroatoms. The van der Waals surface area contributed by atoms with Crippen molar-refractivity contribution in [1.29, 1.82) is 0 Å². The molecular weight excluding hydrogens is 316 g/mol. The van der Waals surface area contributed by atoms with Crippen LogP contribution in [0.2, 0.25) is 0 Å². The fraction of sp³-hybridized carbons (Fsp3) is 0. The van der Waals surface area contributed by atoms with Gasteiger partial charge in [-0.15, -0.1) is 0 Å². The van der Waals surface area contributed by atoms with Crippen molar-refractivity contribution in [1.82, 2.24) is 4.98 Å². The van der Waals surface area contributed by atoms with Gasteiger partial charge in [0.2, 0.25) is 0 Å². The average molecular weight is 319 g/mol. The molecule has 7 heavy (non-hydrogen) atoms. The first kappa shape index (κ1) is 5.87. The van der Waals surface area contributed by atoms with Gasteiger partial charge in [0, 0.05) is 0 Å². The number of halogens is 2. The van der Waals surface area contributed by atoms with E-state index in [0.29, 0.717) is 0 Å². The van der Waals surface area contributed by atoms with Crippen LogP contribution in [-0.2, 0) is 0 Å². The van der Waals surface area contributed by atoms with Crippen molar-refractivity contribution in [2.45, 2.75) is 0 Å². The summed E-state index contributed by atoms with van der Waals surface area (Å²) in [5.41, 5.74) is 0. The lowest BCUT2D eigenvalue weighted by Gasteiger charge is -1.73. The van der Waals surface area contributed by atoms with Crippen LogP contribution >= 0.6 is 45.2 Å². The molecule has 38 valence electrons. The van der Waals surface area contributed by atoms with Crippen molar-refractivity contribution < 1.29 is 0 Å². The fourth-order valence-corrected chi connectivity index (χ4v) is 1.80. The zero-order valence-electron chi connectivity index (χ0n) is 3.41. The highest BCUT2D eigenvalue weighted by Crippen LogP contribution is 2.05. The van der Waals surface area contributed by atoms with E-state index in [9.17, 15) is 0 Å². The van der Waals surface area contributed by atoms with Crippen LogP contribution in [0.1, 0.15) is 0 Å². The minimum absolute atomic E-state index is 1.20. The molecule has 0 aliphatic heterocycles. The van der Waals surface area contributed by atoms with E-state index in [1.807, 2.05) is 12.1 Å². The molecule has 1 N–H and O–H groups in total. The number of H-pyrrole nitrogens is 1. The van der Waals surface area contributed by atoms with Crippen LogP contribution in [0, 0.1) is 7.40 Å². The van der Waals surface area contributed by atoms with Gasteiger partial charge in [0.15, 0.2) is 0 Å². The lowest BCUT2D eigenvalue weighted by atomic mass is 10.7. The Hall–Kier alpha value is 0.740. The van der Waals surface area contributed by atoms with Crippen LogP contribution in [0.15, 0.2) is 12.1 Å². The molecule has 0 aromatic carbocycles. The standard InChI is InChI=1S/C4H3I2N/c5-3-1-2-4(6)7-3/h1-2,7H. The van der Waals surface area contributed by atoms with Crippen LogP contribution in [0.4, 0.5) is 0 Å². The predicted molar refractivity (Wildman–Crippen MR) is 46.2 cm³/mol. The molecule has 1 heterocycles. The highest BCUT2D eigenvalue weighted by molar-refractivity contribution is 14.1. The van der Waals surface area contributed by atoms with Gasteiger partial charge in [0.1, 0.15) is 0 Å². The molecule has 0 amide bonds. The second-order valence-corrected chi connectivity index (χ2v) is 3.48. The third-order valence-corrected chi connectivity index (χ3v) is 1.87. The number of aromatic nitrogens is 1. The number of rotatable bonds is 0. The maximum absolute atomic E-state index is 3.11. The maximum atomic E-state index is 3.11. The number of hydrogen-bond acceptors (Lipinski definition) is 0. The van der Waals surface area contributed by atoms with E-state index in [2.05, 4.69) is 50.2 Å². The molecular formula is C4H3I2N. The smallest absolute Gasteiger partial charge is 0.0780 e. The Morgan fingerprint density at radius 2 is 1.57 bits per heavy atom. The Morgan fingerprint density at radius 3 is 1.71 bits per heavy atom. The van der Waals surface area contributed by atoms with Crippen molar-refractivity contribution in [2.75, 3.05) is 0 Å². The Bertz CT molecular complexity index is 142. The lowest BCUT2D eigenvalue weighted by molar-refractivity contribution is 1.31. The molecule has 0 bridgehead atoms.